The maximum atomic E-state index is 5.13. The Morgan fingerprint density at radius 2 is 0.670 bits per heavy atom. The molecule has 0 radical (unpaired) electrons. The third-order valence-corrected chi connectivity index (χ3v) is 26.2. The minimum atomic E-state index is 0.0240. The number of hydrogen-bond donors (Lipinski definition) is 0. The van der Waals surface area contributed by atoms with E-state index in [1.165, 1.54) is 163 Å². The predicted molar refractivity (Wildman–Crippen MR) is 476 cm³/mol. The minimum absolute atomic E-state index is 0.0240. The van der Waals surface area contributed by atoms with E-state index in [2.05, 4.69) is 408 Å². The van der Waals surface area contributed by atoms with Crippen LogP contribution in [0.2, 0.25) is 0 Å². The number of aryl methyl sites for hydroxylation is 6. The summed E-state index contributed by atoms with van der Waals surface area (Å²) in [6.45, 7) is 36.1. The summed E-state index contributed by atoms with van der Waals surface area (Å²) in [6.07, 6.45) is 0. The van der Waals surface area contributed by atoms with Gasteiger partial charge in [-0.3, -0.25) is 0 Å². The van der Waals surface area contributed by atoms with Gasteiger partial charge in [0.1, 0.15) is 17.1 Å². The summed E-state index contributed by atoms with van der Waals surface area (Å²) >= 11 is 5.44. The van der Waals surface area contributed by atoms with E-state index in [1.807, 2.05) is 22.7 Å². The Bertz CT molecular complexity index is 6600. The van der Waals surface area contributed by atoms with Crippen molar-refractivity contribution in [1.29, 1.82) is 0 Å². The van der Waals surface area contributed by atoms with E-state index in [4.69, 9.17) is 15.0 Å². The fourth-order valence-electron chi connectivity index (χ4n) is 15.9. The summed E-state index contributed by atoms with van der Waals surface area (Å²) in [5.41, 5.74) is 29.4. The molecular formula is C100H100N9S3+3. The first-order valence-electron chi connectivity index (χ1n) is 39.2. The van der Waals surface area contributed by atoms with Crippen molar-refractivity contribution < 1.29 is 13.7 Å². The molecule has 0 aliphatic rings. The smallest absolute Gasteiger partial charge is 0.241 e. The Labute approximate surface area is 671 Å². The number of aromatic nitrogens is 9. The lowest BCUT2D eigenvalue weighted by Gasteiger charge is -2.21. The zero-order valence-electron chi connectivity index (χ0n) is 68.1. The molecule has 18 rings (SSSR count). The van der Waals surface area contributed by atoms with E-state index in [-0.39, 0.29) is 16.2 Å². The van der Waals surface area contributed by atoms with Crippen LogP contribution in [-0.4, -0.2) is 28.7 Å². The monoisotopic (exact) mass is 1520 g/mol. The molecule has 0 N–H and O–H groups in total. The first kappa shape index (κ1) is 75.0. The molecule has 6 aromatic heterocycles. The van der Waals surface area contributed by atoms with Gasteiger partial charge < -0.3 is 0 Å². The van der Waals surface area contributed by atoms with E-state index in [1.54, 1.807) is 11.3 Å². The molecule has 0 unspecified atom stereocenters. The summed E-state index contributed by atoms with van der Waals surface area (Å²) in [4.78, 5) is 15.2. The van der Waals surface area contributed by atoms with Gasteiger partial charge in [-0.05, 0) is 180 Å². The average molecular weight is 1520 g/mol. The second-order valence-corrected chi connectivity index (χ2v) is 37.0. The van der Waals surface area contributed by atoms with Gasteiger partial charge in [0.15, 0.2) is 33.1 Å². The normalized spacial score (nSPS) is 12.2. The number of fused-ring (bicyclic) bond motifs is 7. The molecule has 0 saturated heterocycles. The van der Waals surface area contributed by atoms with Crippen molar-refractivity contribution in [2.75, 3.05) is 0 Å². The molecular weight excluding hydrogens is 1420 g/mol. The van der Waals surface area contributed by atoms with E-state index < -0.39 is 0 Å². The number of nitrogens with zero attached hydrogens (tertiary/aromatic N) is 9. The predicted octanol–water partition coefficient (Wildman–Crippen LogP) is 25.7. The molecule has 0 fully saturated rings. The highest BCUT2D eigenvalue weighted by Gasteiger charge is 2.35. The van der Waals surface area contributed by atoms with Crippen molar-refractivity contribution in [3.05, 3.63) is 292 Å². The van der Waals surface area contributed by atoms with Crippen LogP contribution in [0.5, 0.6) is 0 Å². The zero-order valence-corrected chi connectivity index (χ0v) is 70.5. The number of rotatable bonds is 10. The van der Waals surface area contributed by atoms with E-state index >= 15 is 0 Å². The van der Waals surface area contributed by atoms with Gasteiger partial charge in [0.25, 0.3) is 17.5 Å². The van der Waals surface area contributed by atoms with Crippen LogP contribution in [0, 0.1) is 20.8 Å². The van der Waals surface area contributed by atoms with E-state index in [0.29, 0.717) is 11.8 Å². The molecule has 0 aliphatic heterocycles. The van der Waals surface area contributed by atoms with Crippen LogP contribution >= 0.6 is 34.0 Å². The average Bonchev–Trinajstić information content (AvgIpc) is 1.57. The van der Waals surface area contributed by atoms with Gasteiger partial charge in [0.05, 0.1) is 83.5 Å². The molecule has 6 heterocycles. The van der Waals surface area contributed by atoms with Crippen LogP contribution in [0.25, 0.3) is 148 Å². The van der Waals surface area contributed by atoms with Gasteiger partial charge in [0.2, 0.25) is 0 Å². The lowest BCUT2D eigenvalue weighted by molar-refractivity contribution is -0.634. The first-order chi connectivity index (χ1) is 53.6. The second-order valence-electron chi connectivity index (χ2n) is 33.9. The fourth-order valence-corrected chi connectivity index (χ4v) is 19.3. The number of imidazole rings is 3. The molecule has 0 bridgehead atoms. The van der Waals surface area contributed by atoms with Crippen LogP contribution in [0.3, 0.4) is 0 Å². The lowest BCUT2D eigenvalue weighted by Crippen LogP contribution is -2.30. The summed E-state index contributed by atoms with van der Waals surface area (Å²) in [5, 5.41) is 6.02. The third-order valence-electron chi connectivity index (χ3n) is 21.9. The number of benzene rings is 12. The summed E-state index contributed by atoms with van der Waals surface area (Å²) in [6, 6.07) is 90.2. The van der Waals surface area contributed by atoms with Gasteiger partial charge in [-0.2, -0.15) is 13.7 Å². The van der Waals surface area contributed by atoms with Crippen molar-refractivity contribution in [3.8, 4) is 73.5 Å². The third kappa shape index (κ3) is 13.7. The molecule has 12 aromatic carbocycles. The maximum Gasteiger partial charge on any atom is 0.295 e. The molecule has 0 amide bonds. The Morgan fingerprint density at radius 3 is 1.09 bits per heavy atom. The summed E-state index contributed by atoms with van der Waals surface area (Å²) in [5.74, 6) is 4.21. The number of para-hydroxylation sites is 6. The van der Waals surface area contributed by atoms with Crippen molar-refractivity contribution in [3.63, 3.8) is 0 Å². The van der Waals surface area contributed by atoms with Crippen molar-refractivity contribution in [1.82, 2.24) is 28.7 Å². The SMILES string of the molecule is Cc1cc2sc(C(C)(C)C)nc2cc1-c1n(-c2c(C(C)C)cc(-c3ccccc3)cc2C(C)C)c2ccccc2[n+]1C.Cc1cc2sc(C(C)(C)C)nc2cc1-c1n(-c2ccc(-c3ccccc3)cc2)c2ccccc2[n+]1C.Cc1cc2sc(C(C)(C)C)nc2cc1-c1n(-c2cccc3ccccc23)c2ccccc2[n+]1C. The highest BCUT2D eigenvalue weighted by Crippen LogP contribution is 2.45. The Hall–Kier alpha value is -11.0. The standard InChI is InChI=1S/C38H42N3S.C32H30N3S.C30H28N3S/c1-23(2)28-20-27(26-15-11-10-12-16-26)21-29(24(3)4)35(28)41-33-18-14-13-17-32(33)40(9)36(41)30-22-31-34(19-25(30)5)42-37(39-31)38(6,7)8;1-21-19-29-26(33-31(36-29)32(2,3)4)20-25(21)30-34(5)27-13-9-10-14-28(27)35(30)24-17-15-23(16-18-24)22-11-7-6-8-12-22;1-19-17-27-23(31-29(34-27)30(2,3)4)18-22(19)28-32(5)25-14-8-9-15-26(25)33(28)24-16-10-12-20-11-6-7-13-21(20)24/h10-24H,1-9H3;6-20H,1-5H3;6-18H,1-5H3/q3*+1. The van der Waals surface area contributed by atoms with Crippen LogP contribution in [0.4, 0.5) is 0 Å². The molecule has 0 spiro atoms. The van der Waals surface area contributed by atoms with Crippen LogP contribution in [-0.2, 0) is 37.4 Å². The lowest BCUT2D eigenvalue weighted by atomic mass is 9.88. The summed E-state index contributed by atoms with van der Waals surface area (Å²) in [7, 11) is 6.55. The van der Waals surface area contributed by atoms with E-state index in [9.17, 15) is 0 Å². The van der Waals surface area contributed by atoms with Crippen LogP contribution in [0.15, 0.2) is 249 Å². The molecule has 0 aliphatic carbocycles. The van der Waals surface area contributed by atoms with Crippen LogP contribution < -0.4 is 13.7 Å². The minimum Gasteiger partial charge on any atom is -0.241 e. The molecule has 18 aromatic rings. The largest absolute Gasteiger partial charge is 0.295 e. The molecule has 560 valence electrons. The van der Waals surface area contributed by atoms with Crippen molar-refractivity contribution in [2.45, 2.75) is 139 Å². The second kappa shape index (κ2) is 29.3. The van der Waals surface area contributed by atoms with Crippen LogP contribution in [0.1, 0.15) is 145 Å². The number of thiazole rings is 3. The number of hydrogen-bond acceptors (Lipinski definition) is 6. The topological polar surface area (TPSA) is 65.1 Å². The van der Waals surface area contributed by atoms with Gasteiger partial charge in [0, 0.05) is 32.8 Å². The maximum absolute atomic E-state index is 5.13. The molecule has 9 nitrogen and oxygen atoms in total. The van der Waals surface area contributed by atoms with E-state index in [0.717, 1.165) is 28.1 Å². The molecule has 12 heteroatoms. The highest BCUT2D eigenvalue weighted by molar-refractivity contribution is 7.19. The Morgan fingerprint density at radius 1 is 0.330 bits per heavy atom. The first-order valence-corrected chi connectivity index (χ1v) is 41.7. The summed E-state index contributed by atoms with van der Waals surface area (Å²) < 4.78 is 18.1. The fraction of sp³-hybridized carbons (Fsp3) is 0.240. The Balaban J connectivity index is 0.000000128. The molecule has 0 atom stereocenters. The van der Waals surface area contributed by atoms with Crippen molar-refractivity contribution >= 4 is 109 Å². The molecule has 0 saturated carbocycles. The van der Waals surface area contributed by atoms with Gasteiger partial charge in [-0.1, -0.05) is 236 Å². The highest BCUT2D eigenvalue weighted by atomic mass is 32.1. The van der Waals surface area contributed by atoms with Crippen molar-refractivity contribution in [2.24, 2.45) is 21.1 Å². The van der Waals surface area contributed by atoms with Gasteiger partial charge >= 0.3 is 0 Å². The van der Waals surface area contributed by atoms with Gasteiger partial charge in [-0.25, -0.2) is 28.7 Å². The van der Waals surface area contributed by atoms with Gasteiger partial charge in [-0.15, -0.1) is 34.0 Å². The Kier molecular flexibility index (Phi) is 19.6. The zero-order chi connectivity index (χ0) is 78.6. The molecule has 112 heavy (non-hydrogen) atoms. The quantitative estimate of drug-likeness (QED) is 0.128.